The van der Waals surface area contributed by atoms with E-state index in [9.17, 15) is 9.90 Å². The van der Waals surface area contributed by atoms with Crippen molar-refractivity contribution in [2.75, 3.05) is 13.1 Å². The number of carbonyl (C=O) groups is 1. The van der Waals surface area contributed by atoms with Crippen LogP contribution in [0, 0.1) is 0 Å². The van der Waals surface area contributed by atoms with Crippen LogP contribution in [-0.4, -0.2) is 29.3 Å². The summed E-state index contributed by atoms with van der Waals surface area (Å²) in [4.78, 5) is 10.3. The Morgan fingerprint density at radius 3 is 2.37 bits per heavy atom. The molecule has 0 fully saturated rings. The molecule has 0 heterocycles. The predicted octanol–water partition coefficient (Wildman–Crippen LogP) is 2.30. The van der Waals surface area contributed by atoms with Crippen molar-refractivity contribution in [2.24, 2.45) is 0 Å². The summed E-state index contributed by atoms with van der Waals surface area (Å²) in [6, 6.07) is 7.96. The topological polar surface area (TPSA) is 69.6 Å². The van der Waals surface area contributed by atoms with Crippen LogP contribution in [0.5, 0.6) is 0 Å². The van der Waals surface area contributed by atoms with Crippen molar-refractivity contribution in [1.82, 2.24) is 5.32 Å². The highest BCUT2D eigenvalue weighted by Crippen LogP contribution is 2.21. The Morgan fingerprint density at radius 2 is 1.84 bits per heavy atom. The molecule has 0 aliphatic heterocycles. The molecule has 1 aromatic carbocycles. The smallest absolute Gasteiger partial charge is 0.304 e. The lowest BCUT2D eigenvalue weighted by Crippen LogP contribution is -2.24. The van der Waals surface area contributed by atoms with Crippen LogP contribution in [-0.2, 0) is 4.79 Å². The maximum atomic E-state index is 10.3. The first-order valence-corrected chi connectivity index (χ1v) is 6.75. The average Bonchev–Trinajstić information content (AvgIpc) is 2.42. The quantitative estimate of drug-likeness (QED) is 0.631. The Labute approximate surface area is 114 Å². The molecule has 2 atom stereocenters. The molecule has 1 aromatic rings. The number of aliphatic hydroxyl groups excluding tert-OH is 1. The van der Waals surface area contributed by atoms with E-state index in [1.54, 1.807) is 0 Å². The molecule has 0 saturated carbocycles. The molecular weight excluding hydrogens is 242 g/mol. The van der Waals surface area contributed by atoms with Gasteiger partial charge in [0, 0.05) is 13.1 Å². The van der Waals surface area contributed by atoms with E-state index in [2.05, 4.69) is 19.2 Å². The van der Waals surface area contributed by atoms with Gasteiger partial charge >= 0.3 is 5.97 Å². The van der Waals surface area contributed by atoms with E-state index in [4.69, 9.17) is 5.11 Å². The third kappa shape index (κ3) is 5.41. The minimum absolute atomic E-state index is 0.0691. The maximum Gasteiger partial charge on any atom is 0.304 e. The van der Waals surface area contributed by atoms with Gasteiger partial charge < -0.3 is 15.5 Å². The lowest BCUT2D eigenvalue weighted by atomic mass is 9.96. The van der Waals surface area contributed by atoms with Gasteiger partial charge in [-0.2, -0.15) is 0 Å². The second-order valence-electron chi connectivity index (χ2n) is 4.84. The highest BCUT2D eigenvalue weighted by atomic mass is 16.4. The molecule has 0 spiro atoms. The van der Waals surface area contributed by atoms with E-state index in [1.165, 1.54) is 5.56 Å². The molecule has 2 unspecified atom stereocenters. The zero-order valence-corrected chi connectivity index (χ0v) is 11.6. The number of rotatable bonds is 8. The standard InChI is InChI=1S/C15H23NO3/c1-3-11(2)12-4-6-13(7-5-12)14(17)10-16-9-8-15(18)19/h4-7,11,14,16-17H,3,8-10H2,1-2H3,(H,18,19). The van der Waals surface area contributed by atoms with E-state index < -0.39 is 12.1 Å². The maximum absolute atomic E-state index is 10.3. The molecule has 1 rings (SSSR count). The zero-order chi connectivity index (χ0) is 14.3. The van der Waals surface area contributed by atoms with Gasteiger partial charge in [0.25, 0.3) is 0 Å². The highest BCUT2D eigenvalue weighted by molar-refractivity contribution is 5.66. The van der Waals surface area contributed by atoms with Crippen LogP contribution in [0.2, 0.25) is 0 Å². The average molecular weight is 265 g/mol. The molecule has 0 aliphatic carbocycles. The number of carboxylic acid groups (broad SMARTS) is 1. The molecule has 4 nitrogen and oxygen atoms in total. The third-order valence-electron chi connectivity index (χ3n) is 3.36. The third-order valence-corrected chi connectivity index (χ3v) is 3.36. The van der Waals surface area contributed by atoms with Crippen LogP contribution >= 0.6 is 0 Å². The Balaban J connectivity index is 2.44. The minimum atomic E-state index is -0.833. The zero-order valence-electron chi connectivity index (χ0n) is 11.6. The van der Waals surface area contributed by atoms with Crippen molar-refractivity contribution >= 4 is 5.97 Å². The molecule has 0 aliphatic rings. The number of hydrogen-bond donors (Lipinski definition) is 3. The summed E-state index contributed by atoms with van der Waals surface area (Å²) < 4.78 is 0. The van der Waals surface area contributed by atoms with Crippen molar-refractivity contribution in [2.45, 2.75) is 38.7 Å². The van der Waals surface area contributed by atoms with Crippen LogP contribution in [0.1, 0.15) is 49.8 Å². The lowest BCUT2D eigenvalue weighted by molar-refractivity contribution is -0.136. The van der Waals surface area contributed by atoms with Gasteiger partial charge in [-0.15, -0.1) is 0 Å². The van der Waals surface area contributed by atoms with Crippen LogP contribution in [0.25, 0.3) is 0 Å². The van der Waals surface area contributed by atoms with Crippen molar-refractivity contribution < 1.29 is 15.0 Å². The van der Waals surface area contributed by atoms with Crippen molar-refractivity contribution in [3.63, 3.8) is 0 Å². The molecule has 0 saturated heterocycles. The first-order valence-electron chi connectivity index (χ1n) is 6.75. The Morgan fingerprint density at radius 1 is 1.26 bits per heavy atom. The summed E-state index contributed by atoms with van der Waals surface area (Å²) in [5, 5.41) is 21.4. The molecule has 3 N–H and O–H groups in total. The van der Waals surface area contributed by atoms with Gasteiger partial charge in [-0.1, -0.05) is 38.1 Å². The molecule has 19 heavy (non-hydrogen) atoms. The fourth-order valence-corrected chi connectivity index (χ4v) is 1.83. The summed E-state index contributed by atoms with van der Waals surface area (Å²) >= 11 is 0. The van der Waals surface area contributed by atoms with Crippen LogP contribution < -0.4 is 5.32 Å². The van der Waals surface area contributed by atoms with Gasteiger partial charge in [-0.3, -0.25) is 4.79 Å². The number of hydrogen-bond acceptors (Lipinski definition) is 3. The van der Waals surface area contributed by atoms with E-state index in [0.717, 1.165) is 12.0 Å². The first-order chi connectivity index (χ1) is 9.04. The van der Waals surface area contributed by atoms with E-state index in [-0.39, 0.29) is 6.42 Å². The number of aliphatic hydroxyl groups is 1. The van der Waals surface area contributed by atoms with Gasteiger partial charge in [-0.05, 0) is 23.5 Å². The predicted molar refractivity (Wildman–Crippen MR) is 75.2 cm³/mol. The van der Waals surface area contributed by atoms with Crippen molar-refractivity contribution in [3.05, 3.63) is 35.4 Å². The molecule has 0 bridgehead atoms. The summed E-state index contributed by atoms with van der Waals surface area (Å²) in [6.45, 7) is 5.08. The minimum Gasteiger partial charge on any atom is -0.481 e. The fraction of sp³-hybridized carbons (Fsp3) is 0.533. The number of benzene rings is 1. The summed E-state index contributed by atoms with van der Waals surface area (Å²) in [5.41, 5.74) is 2.13. The van der Waals surface area contributed by atoms with Gasteiger partial charge in [0.05, 0.1) is 12.5 Å². The normalized spacial score (nSPS) is 14.1. The van der Waals surface area contributed by atoms with E-state index in [0.29, 0.717) is 19.0 Å². The SMILES string of the molecule is CCC(C)c1ccc(C(O)CNCCC(=O)O)cc1. The Hall–Kier alpha value is -1.39. The van der Waals surface area contributed by atoms with Crippen LogP contribution in [0.4, 0.5) is 0 Å². The van der Waals surface area contributed by atoms with Crippen molar-refractivity contribution in [1.29, 1.82) is 0 Å². The van der Waals surface area contributed by atoms with E-state index in [1.807, 2.05) is 24.3 Å². The summed E-state index contributed by atoms with van der Waals surface area (Å²) in [5.74, 6) is -0.306. The number of nitrogens with one attached hydrogen (secondary N) is 1. The summed E-state index contributed by atoms with van der Waals surface area (Å²) in [7, 11) is 0. The molecule has 0 radical (unpaired) electrons. The van der Waals surface area contributed by atoms with E-state index >= 15 is 0 Å². The van der Waals surface area contributed by atoms with Gasteiger partial charge in [0.15, 0.2) is 0 Å². The summed E-state index contributed by atoms with van der Waals surface area (Å²) in [6.07, 6.45) is 0.568. The van der Waals surface area contributed by atoms with Crippen molar-refractivity contribution in [3.8, 4) is 0 Å². The molecule has 0 aromatic heterocycles. The lowest BCUT2D eigenvalue weighted by Gasteiger charge is -2.14. The van der Waals surface area contributed by atoms with Crippen LogP contribution in [0.15, 0.2) is 24.3 Å². The molecule has 106 valence electrons. The second-order valence-corrected chi connectivity index (χ2v) is 4.84. The largest absolute Gasteiger partial charge is 0.481 e. The van der Waals surface area contributed by atoms with Gasteiger partial charge in [0.2, 0.25) is 0 Å². The number of carboxylic acids is 1. The molecule has 0 amide bonds. The fourth-order valence-electron chi connectivity index (χ4n) is 1.83. The first kappa shape index (κ1) is 15.7. The number of aliphatic carboxylic acids is 1. The monoisotopic (exact) mass is 265 g/mol. The molecule has 4 heteroatoms. The Bertz CT molecular complexity index is 389. The van der Waals surface area contributed by atoms with Crippen LogP contribution in [0.3, 0.4) is 0 Å². The highest BCUT2D eigenvalue weighted by Gasteiger charge is 2.08. The van der Waals surface area contributed by atoms with Gasteiger partial charge in [0.1, 0.15) is 0 Å². The second kappa shape index (κ2) is 7.92. The molecular formula is C15H23NO3. The van der Waals surface area contributed by atoms with Gasteiger partial charge in [-0.25, -0.2) is 0 Å². The Kier molecular flexibility index (Phi) is 6.53.